The number of likely N-dealkylation sites (tertiary alicyclic amines) is 1. The van der Waals surface area contributed by atoms with Gasteiger partial charge in [-0.25, -0.2) is 0 Å². The molecule has 1 aromatic carbocycles. The normalized spacial score (nSPS) is 19.5. The van der Waals surface area contributed by atoms with Crippen LogP contribution >= 0.6 is 0 Å². The van der Waals surface area contributed by atoms with Crippen molar-refractivity contribution in [1.82, 2.24) is 4.90 Å². The second-order valence-corrected chi connectivity index (χ2v) is 4.87. The lowest BCUT2D eigenvalue weighted by Gasteiger charge is -2.32. The minimum atomic E-state index is -4.31. The first-order valence-electron chi connectivity index (χ1n) is 6.31. The number of rotatable bonds is 2. The molecule has 1 fully saturated rings. The first kappa shape index (κ1) is 14.1. The number of carbonyl (C=O) groups is 1. The van der Waals surface area contributed by atoms with Gasteiger partial charge in [0.15, 0.2) is 0 Å². The minimum absolute atomic E-state index is 0.101. The Kier molecular flexibility index (Phi) is 3.94. The molecule has 1 atom stereocenters. The van der Waals surface area contributed by atoms with Crippen molar-refractivity contribution in [3.63, 3.8) is 0 Å². The summed E-state index contributed by atoms with van der Waals surface area (Å²) in [5.41, 5.74) is 0.0223. The largest absolute Gasteiger partial charge is 0.416 e. The van der Waals surface area contributed by atoms with Crippen LogP contribution in [0.2, 0.25) is 0 Å². The van der Waals surface area contributed by atoms with Crippen LogP contribution in [0.3, 0.4) is 0 Å². The Hall–Kier alpha value is -1.36. The lowest BCUT2D eigenvalue weighted by atomic mass is 10.0. The van der Waals surface area contributed by atoms with Crippen molar-refractivity contribution in [2.24, 2.45) is 0 Å². The number of hydrogen-bond acceptors (Lipinski definition) is 2. The first-order chi connectivity index (χ1) is 8.88. The van der Waals surface area contributed by atoms with Crippen LogP contribution in [0, 0.1) is 0 Å². The summed E-state index contributed by atoms with van der Waals surface area (Å²) < 4.78 is 38.0. The van der Waals surface area contributed by atoms with Gasteiger partial charge in [0.05, 0.1) is 5.56 Å². The number of Topliss-reactive ketones (excluding diaryl/α,β-unsaturated/α-hetero) is 1. The molecule has 1 heterocycles. The average Bonchev–Trinajstić information content (AvgIpc) is 2.38. The first-order valence-corrected chi connectivity index (χ1v) is 6.31. The topological polar surface area (TPSA) is 20.3 Å². The molecule has 0 N–H and O–H groups in total. The van der Waals surface area contributed by atoms with Gasteiger partial charge >= 0.3 is 6.18 Å². The van der Waals surface area contributed by atoms with Crippen molar-refractivity contribution in [3.8, 4) is 0 Å². The number of halogens is 3. The highest BCUT2D eigenvalue weighted by Crippen LogP contribution is 2.32. The monoisotopic (exact) mass is 271 g/mol. The van der Waals surface area contributed by atoms with Crippen LogP contribution in [0.25, 0.3) is 0 Å². The zero-order valence-electron chi connectivity index (χ0n) is 10.7. The third kappa shape index (κ3) is 3.35. The van der Waals surface area contributed by atoms with E-state index in [-0.39, 0.29) is 11.8 Å². The molecule has 1 aromatic rings. The Labute approximate surface area is 110 Å². The molecule has 2 rings (SSSR count). The smallest absolute Gasteiger partial charge is 0.300 e. The molecule has 0 amide bonds. The quantitative estimate of drug-likeness (QED) is 0.821. The third-order valence-corrected chi connectivity index (χ3v) is 3.60. The fourth-order valence-electron chi connectivity index (χ4n) is 2.35. The molecular weight excluding hydrogens is 255 g/mol. The van der Waals surface area contributed by atoms with Gasteiger partial charge in [-0.2, -0.15) is 13.2 Å². The summed E-state index contributed by atoms with van der Waals surface area (Å²) in [5, 5.41) is 0. The summed E-state index contributed by atoms with van der Waals surface area (Å²) in [7, 11) is 0. The summed E-state index contributed by atoms with van der Waals surface area (Å²) in [4.78, 5) is 13.2. The molecule has 0 radical (unpaired) electrons. The molecule has 2 nitrogen and oxygen atoms in total. The maximum Gasteiger partial charge on any atom is 0.416 e. The van der Waals surface area contributed by atoms with Gasteiger partial charge in [0.25, 0.3) is 0 Å². The average molecular weight is 271 g/mol. The standard InChI is InChI=1S/C14H16F3NO/c1-10(18-7-5-13(19)6-8-18)11-3-2-4-12(9-11)14(15,16)17/h2-4,9-10H,5-8H2,1H3. The number of carbonyl (C=O) groups excluding carboxylic acids is 1. The molecule has 1 saturated heterocycles. The Balaban J connectivity index is 2.15. The Morgan fingerprint density at radius 1 is 1.21 bits per heavy atom. The molecule has 0 bridgehead atoms. The maximum absolute atomic E-state index is 12.7. The van der Waals surface area contributed by atoms with Gasteiger partial charge in [-0.15, -0.1) is 0 Å². The molecule has 0 aromatic heterocycles. The second kappa shape index (κ2) is 5.33. The predicted octanol–water partition coefficient (Wildman–Crippen LogP) is 3.43. The number of piperidine rings is 1. The molecular formula is C14H16F3NO. The minimum Gasteiger partial charge on any atom is -0.300 e. The van der Waals surface area contributed by atoms with Gasteiger partial charge in [-0.05, 0) is 24.6 Å². The van der Waals surface area contributed by atoms with E-state index in [2.05, 4.69) is 4.90 Å². The Morgan fingerprint density at radius 3 is 2.42 bits per heavy atom. The van der Waals surface area contributed by atoms with E-state index < -0.39 is 11.7 Å². The highest BCUT2D eigenvalue weighted by molar-refractivity contribution is 5.79. The maximum atomic E-state index is 12.7. The van der Waals surface area contributed by atoms with Crippen LogP contribution in [0.1, 0.15) is 36.9 Å². The summed E-state index contributed by atoms with van der Waals surface area (Å²) in [6.07, 6.45) is -3.33. The summed E-state index contributed by atoms with van der Waals surface area (Å²) in [5.74, 6) is 0.229. The van der Waals surface area contributed by atoms with E-state index in [4.69, 9.17) is 0 Å². The van der Waals surface area contributed by atoms with Crippen LogP contribution in [0.15, 0.2) is 24.3 Å². The van der Waals surface area contributed by atoms with E-state index in [0.717, 1.165) is 6.07 Å². The molecule has 1 unspecified atom stereocenters. The number of alkyl halides is 3. The van der Waals surface area contributed by atoms with E-state index in [1.807, 2.05) is 6.92 Å². The van der Waals surface area contributed by atoms with Crippen LogP contribution in [0.5, 0.6) is 0 Å². The Morgan fingerprint density at radius 2 is 1.84 bits per heavy atom. The van der Waals surface area contributed by atoms with Crippen LogP contribution in [-0.2, 0) is 11.0 Å². The number of ketones is 1. The van der Waals surface area contributed by atoms with Gasteiger partial charge in [0, 0.05) is 32.0 Å². The van der Waals surface area contributed by atoms with Crippen molar-refractivity contribution >= 4 is 5.78 Å². The molecule has 1 aliphatic heterocycles. The second-order valence-electron chi connectivity index (χ2n) is 4.87. The van der Waals surface area contributed by atoms with Crippen LogP contribution in [0.4, 0.5) is 13.2 Å². The van der Waals surface area contributed by atoms with Gasteiger partial charge in [-0.3, -0.25) is 9.69 Å². The number of nitrogens with zero attached hydrogens (tertiary/aromatic N) is 1. The number of hydrogen-bond donors (Lipinski definition) is 0. The van der Waals surface area contributed by atoms with Crippen molar-refractivity contribution in [3.05, 3.63) is 35.4 Å². The fraction of sp³-hybridized carbons (Fsp3) is 0.500. The molecule has 5 heteroatoms. The molecule has 104 valence electrons. The zero-order valence-corrected chi connectivity index (χ0v) is 10.7. The Bertz CT molecular complexity index is 460. The van der Waals surface area contributed by atoms with E-state index >= 15 is 0 Å². The van der Waals surface area contributed by atoms with Crippen molar-refractivity contribution in [2.45, 2.75) is 32.0 Å². The summed E-state index contributed by atoms with van der Waals surface area (Å²) in [6.45, 7) is 3.12. The lowest BCUT2D eigenvalue weighted by molar-refractivity contribution is -0.137. The lowest BCUT2D eigenvalue weighted by Crippen LogP contribution is -2.35. The van der Waals surface area contributed by atoms with Crippen molar-refractivity contribution in [1.29, 1.82) is 0 Å². The highest BCUT2D eigenvalue weighted by atomic mass is 19.4. The van der Waals surface area contributed by atoms with E-state index in [0.29, 0.717) is 31.5 Å². The summed E-state index contributed by atoms with van der Waals surface area (Å²) >= 11 is 0. The summed E-state index contributed by atoms with van der Waals surface area (Å²) in [6, 6.07) is 5.31. The third-order valence-electron chi connectivity index (χ3n) is 3.60. The van der Waals surface area contributed by atoms with Gasteiger partial charge in [0.1, 0.15) is 5.78 Å². The zero-order chi connectivity index (χ0) is 14.0. The van der Waals surface area contributed by atoms with Crippen LogP contribution < -0.4 is 0 Å². The van der Waals surface area contributed by atoms with Gasteiger partial charge < -0.3 is 0 Å². The molecule has 1 aliphatic rings. The fourth-order valence-corrected chi connectivity index (χ4v) is 2.35. The van der Waals surface area contributed by atoms with E-state index in [1.54, 1.807) is 6.07 Å². The van der Waals surface area contributed by atoms with Crippen LogP contribution in [-0.4, -0.2) is 23.8 Å². The predicted molar refractivity (Wildman–Crippen MR) is 65.7 cm³/mol. The van der Waals surface area contributed by atoms with Gasteiger partial charge in [-0.1, -0.05) is 12.1 Å². The molecule has 19 heavy (non-hydrogen) atoms. The van der Waals surface area contributed by atoms with Crippen molar-refractivity contribution < 1.29 is 18.0 Å². The van der Waals surface area contributed by atoms with Crippen molar-refractivity contribution in [2.75, 3.05) is 13.1 Å². The number of benzene rings is 1. The molecule has 0 saturated carbocycles. The van der Waals surface area contributed by atoms with E-state index in [9.17, 15) is 18.0 Å². The SMILES string of the molecule is CC(c1cccc(C(F)(F)F)c1)N1CCC(=O)CC1. The molecule has 0 spiro atoms. The van der Waals surface area contributed by atoms with E-state index in [1.165, 1.54) is 12.1 Å². The highest BCUT2D eigenvalue weighted by Gasteiger charge is 2.31. The van der Waals surface area contributed by atoms with Gasteiger partial charge in [0.2, 0.25) is 0 Å². The molecule has 0 aliphatic carbocycles.